The zero-order valence-electron chi connectivity index (χ0n) is 16.5. The highest BCUT2D eigenvalue weighted by Crippen LogP contribution is 2.35. The Bertz CT molecular complexity index is 781. The van der Waals surface area contributed by atoms with Crippen LogP contribution in [-0.2, 0) is 10.0 Å². The number of aliphatic hydroxyl groups excluding tert-OH is 1. The van der Waals surface area contributed by atoms with Crippen LogP contribution in [-0.4, -0.2) is 81.4 Å². The number of benzene rings is 1. The number of nitrogens with one attached hydrogen (secondary N) is 1. The monoisotopic (exact) mass is 399 g/mol. The van der Waals surface area contributed by atoms with Gasteiger partial charge in [0, 0.05) is 19.0 Å². The lowest BCUT2D eigenvalue weighted by Crippen LogP contribution is -2.49. The molecule has 1 aromatic rings. The molecule has 2 rings (SSSR count). The Morgan fingerprint density at radius 3 is 2.63 bits per heavy atom. The van der Waals surface area contributed by atoms with Gasteiger partial charge in [-0.1, -0.05) is 13.0 Å². The molecule has 27 heavy (non-hydrogen) atoms. The molecule has 0 radical (unpaired) electrons. The maximum atomic E-state index is 13.1. The predicted molar refractivity (Wildman–Crippen MR) is 105 cm³/mol. The maximum Gasteiger partial charge on any atom is 0.258 e. The Hall–Kier alpha value is -1.84. The van der Waals surface area contributed by atoms with Crippen molar-refractivity contribution in [2.45, 2.75) is 26.0 Å². The zero-order chi connectivity index (χ0) is 20.4. The number of fused-ring (bicyclic) bond motifs is 1. The summed E-state index contributed by atoms with van der Waals surface area (Å²) in [5.74, 6) is -0.0925. The third-order valence-electron chi connectivity index (χ3n) is 4.53. The summed E-state index contributed by atoms with van der Waals surface area (Å²) in [6.07, 6.45) is 0.791. The minimum absolute atomic E-state index is 0.0233. The number of nitrogens with zero attached hydrogens (tertiary/aromatic N) is 2. The second kappa shape index (κ2) is 8.45. The largest absolute Gasteiger partial charge is 0.486 e. The van der Waals surface area contributed by atoms with Crippen LogP contribution in [0.15, 0.2) is 18.2 Å². The number of aliphatic hydroxyl groups is 1. The van der Waals surface area contributed by atoms with E-state index in [1.807, 2.05) is 25.9 Å². The third kappa shape index (κ3) is 5.33. The number of carbonyl (C=O) groups excluding carboxylic acids is 1. The van der Waals surface area contributed by atoms with Gasteiger partial charge in [0.2, 0.25) is 10.0 Å². The fraction of sp³-hybridized carbons (Fsp3) is 0.611. The highest BCUT2D eigenvalue weighted by molar-refractivity contribution is 7.92. The van der Waals surface area contributed by atoms with Crippen LogP contribution in [0.3, 0.4) is 0 Å². The second-order valence-electron chi connectivity index (χ2n) is 7.44. The van der Waals surface area contributed by atoms with Gasteiger partial charge in [0.25, 0.3) is 5.91 Å². The highest BCUT2D eigenvalue weighted by atomic mass is 32.2. The molecule has 0 spiro atoms. The molecule has 0 fully saturated rings. The van der Waals surface area contributed by atoms with Crippen LogP contribution in [0.4, 0.5) is 5.69 Å². The summed E-state index contributed by atoms with van der Waals surface area (Å²) in [5, 5.41) is 9.59. The molecule has 0 unspecified atom stereocenters. The Morgan fingerprint density at radius 1 is 1.41 bits per heavy atom. The highest BCUT2D eigenvalue weighted by Gasteiger charge is 2.34. The van der Waals surface area contributed by atoms with Crippen molar-refractivity contribution in [1.82, 2.24) is 9.80 Å². The summed E-state index contributed by atoms with van der Waals surface area (Å²) in [4.78, 5) is 16.7. The smallest absolute Gasteiger partial charge is 0.258 e. The average molecular weight is 400 g/mol. The van der Waals surface area contributed by atoms with Crippen molar-refractivity contribution in [3.63, 3.8) is 0 Å². The zero-order valence-corrected chi connectivity index (χ0v) is 17.3. The van der Waals surface area contributed by atoms with E-state index in [0.29, 0.717) is 13.1 Å². The molecule has 0 bridgehead atoms. The van der Waals surface area contributed by atoms with Crippen molar-refractivity contribution >= 4 is 21.6 Å². The van der Waals surface area contributed by atoms with Gasteiger partial charge in [0.1, 0.15) is 6.10 Å². The molecular formula is C18H29N3O5S. The molecule has 8 nitrogen and oxygen atoms in total. The van der Waals surface area contributed by atoms with Crippen LogP contribution in [0.1, 0.15) is 24.2 Å². The molecule has 1 aliphatic rings. The normalized spacial score (nSPS) is 21.9. The minimum Gasteiger partial charge on any atom is -0.486 e. The molecule has 2 N–H and O–H groups in total. The summed E-state index contributed by atoms with van der Waals surface area (Å²) in [6, 6.07) is 4.44. The first-order valence-electron chi connectivity index (χ1n) is 8.87. The number of hydrogen-bond donors (Lipinski definition) is 2. The number of sulfonamides is 1. The van der Waals surface area contributed by atoms with Crippen molar-refractivity contribution in [2.24, 2.45) is 5.92 Å². The molecule has 1 amide bonds. The van der Waals surface area contributed by atoms with Crippen LogP contribution in [0, 0.1) is 5.92 Å². The molecular weight excluding hydrogens is 370 g/mol. The van der Waals surface area contributed by atoms with Gasteiger partial charge in [-0.05, 0) is 33.2 Å². The standard InChI is InChI=1S/C18H29N3O5S/c1-12-9-21(13(2)11-22)18(23)14-7-6-8-15(19-27(5,24)25)17(14)26-16(12)10-20(3)4/h6-8,12-13,16,19,22H,9-11H2,1-5H3/t12-,13-,16+/m0/s1. The molecule has 1 aromatic carbocycles. The lowest BCUT2D eigenvalue weighted by molar-refractivity contribution is 0.0366. The fourth-order valence-electron chi connectivity index (χ4n) is 3.10. The Balaban J connectivity index is 2.59. The van der Waals surface area contributed by atoms with Crippen LogP contribution in [0.5, 0.6) is 5.75 Å². The summed E-state index contributed by atoms with van der Waals surface area (Å²) in [7, 11) is 0.309. The van der Waals surface area contributed by atoms with Crippen LogP contribution >= 0.6 is 0 Å². The fourth-order valence-corrected chi connectivity index (χ4v) is 3.66. The number of para-hydroxylation sites is 1. The van der Waals surface area contributed by atoms with Crippen molar-refractivity contribution in [3.8, 4) is 5.75 Å². The van der Waals surface area contributed by atoms with E-state index in [0.717, 1.165) is 6.26 Å². The number of carbonyl (C=O) groups is 1. The molecule has 0 saturated carbocycles. The lowest BCUT2D eigenvalue weighted by Gasteiger charge is -2.38. The molecule has 1 aliphatic heterocycles. The van der Waals surface area contributed by atoms with E-state index in [9.17, 15) is 18.3 Å². The van der Waals surface area contributed by atoms with Gasteiger partial charge < -0.3 is 19.6 Å². The van der Waals surface area contributed by atoms with Gasteiger partial charge in [-0.3, -0.25) is 9.52 Å². The van der Waals surface area contributed by atoms with E-state index in [-0.39, 0.29) is 47.6 Å². The Labute approximate surface area is 161 Å². The van der Waals surface area contributed by atoms with Crippen molar-refractivity contribution < 1.29 is 23.1 Å². The van der Waals surface area contributed by atoms with E-state index >= 15 is 0 Å². The summed E-state index contributed by atoms with van der Waals surface area (Å²) in [6.45, 7) is 4.64. The van der Waals surface area contributed by atoms with Crippen molar-refractivity contribution in [2.75, 3.05) is 44.8 Å². The van der Waals surface area contributed by atoms with E-state index in [2.05, 4.69) is 4.72 Å². The van der Waals surface area contributed by atoms with Gasteiger partial charge in [0.15, 0.2) is 5.75 Å². The van der Waals surface area contributed by atoms with Crippen molar-refractivity contribution in [3.05, 3.63) is 23.8 Å². The third-order valence-corrected chi connectivity index (χ3v) is 5.12. The number of rotatable bonds is 6. The number of anilines is 1. The predicted octanol–water partition coefficient (Wildman–Crippen LogP) is 0.840. The summed E-state index contributed by atoms with van der Waals surface area (Å²) in [5.41, 5.74) is 0.511. The first kappa shape index (κ1) is 21.5. The molecule has 0 saturated heterocycles. The number of likely N-dealkylation sites (N-methyl/N-ethyl adjacent to an activating group) is 1. The Kier molecular flexibility index (Phi) is 6.72. The minimum atomic E-state index is -3.54. The van der Waals surface area contributed by atoms with Gasteiger partial charge in [-0.25, -0.2) is 8.42 Å². The lowest BCUT2D eigenvalue weighted by atomic mass is 9.99. The first-order valence-corrected chi connectivity index (χ1v) is 10.8. The summed E-state index contributed by atoms with van der Waals surface area (Å²) >= 11 is 0. The molecule has 1 heterocycles. The molecule has 0 aliphatic carbocycles. The SMILES string of the molecule is C[C@H]1CN([C@@H](C)CO)C(=O)c2cccc(NS(C)(=O)=O)c2O[C@@H]1CN(C)C. The van der Waals surface area contributed by atoms with Crippen molar-refractivity contribution in [1.29, 1.82) is 0 Å². The van der Waals surface area contributed by atoms with Gasteiger partial charge in [-0.2, -0.15) is 0 Å². The number of amides is 1. The van der Waals surface area contributed by atoms with Gasteiger partial charge >= 0.3 is 0 Å². The van der Waals surface area contributed by atoms with E-state index in [1.54, 1.807) is 30.0 Å². The quantitative estimate of drug-likeness (QED) is 0.735. The van der Waals surface area contributed by atoms with E-state index in [4.69, 9.17) is 4.74 Å². The van der Waals surface area contributed by atoms with Gasteiger partial charge in [0.05, 0.1) is 30.2 Å². The number of ether oxygens (including phenoxy) is 1. The van der Waals surface area contributed by atoms with Crippen LogP contribution in [0.2, 0.25) is 0 Å². The summed E-state index contributed by atoms with van der Waals surface area (Å²) < 4.78 is 32.2. The van der Waals surface area contributed by atoms with Crippen LogP contribution < -0.4 is 9.46 Å². The average Bonchev–Trinajstić information content (AvgIpc) is 2.56. The Morgan fingerprint density at radius 2 is 2.07 bits per heavy atom. The second-order valence-corrected chi connectivity index (χ2v) is 9.19. The molecule has 152 valence electrons. The van der Waals surface area contributed by atoms with E-state index in [1.165, 1.54) is 0 Å². The number of hydrogen-bond acceptors (Lipinski definition) is 6. The van der Waals surface area contributed by atoms with E-state index < -0.39 is 10.0 Å². The molecule has 9 heteroatoms. The van der Waals surface area contributed by atoms with Gasteiger partial charge in [-0.15, -0.1) is 0 Å². The first-order chi connectivity index (χ1) is 12.5. The maximum absolute atomic E-state index is 13.1. The topological polar surface area (TPSA) is 99.2 Å². The van der Waals surface area contributed by atoms with Crippen LogP contribution in [0.25, 0.3) is 0 Å². The molecule has 0 aromatic heterocycles. The molecule has 3 atom stereocenters.